The Kier molecular flexibility index (Phi) is 17.3. The van der Waals surface area contributed by atoms with Gasteiger partial charge in [-0.25, -0.2) is 0 Å². The summed E-state index contributed by atoms with van der Waals surface area (Å²) in [7, 11) is 4.18. The summed E-state index contributed by atoms with van der Waals surface area (Å²) >= 11 is 0. The topological polar surface area (TPSA) is 24.1 Å². The molecule has 2 rings (SSSR count). The highest BCUT2D eigenvalue weighted by atomic mass is 33.1. The second-order valence-corrected chi connectivity index (χ2v) is 20.4. The molecule has 262 valence electrons. The van der Waals surface area contributed by atoms with Crippen LogP contribution in [0.3, 0.4) is 0 Å². The van der Waals surface area contributed by atoms with E-state index in [9.17, 15) is 0 Å². The van der Waals surface area contributed by atoms with Gasteiger partial charge in [0, 0.05) is 24.6 Å². The van der Waals surface area contributed by atoms with Gasteiger partial charge in [-0.3, -0.25) is 0 Å². The predicted molar refractivity (Wildman–Crippen MR) is 213 cm³/mol. The van der Waals surface area contributed by atoms with Gasteiger partial charge in [-0.05, 0) is 93.8 Å². The molecule has 0 saturated heterocycles. The highest BCUT2D eigenvalue weighted by Gasteiger charge is 2.21. The Bertz CT molecular complexity index is 986. The average Bonchev–Trinajstić information content (AvgIpc) is 2.94. The first-order chi connectivity index (χ1) is 21.4. The van der Waals surface area contributed by atoms with E-state index in [1.807, 2.05) is 0 Å². The van der Waals surface area contributed by atoms with Gasteiger partial charge in [0.15, 0.2) is 0 Å². The van der Waals surface area contributed by atoms with Gasteiger partial charge in [-0.1, -0.05) is 167 Å². The molecule has 0 radical (unpaired) electrons. The van der Waals surface area contributed by atoms with Gasteiger partial charge in [0.2, 0.25) is 0 Å². The molecule has 0 aliphatic rings. The molecule has 0 atom stereocenters. The van der Waals surface area contributed by atoms with Gasteiger partial charge in [0.05, 0.1) is 0 Å². The average molecular weight is 669 g/mol. The van der Waals surface area contributed by atoms with Crippen molar-refractivity contribution in [1.29, 1.82) is 0 Å². The second-order valence-electron chi connectivity index (χ2n) is 17.7. The van der Waals surface area contributed by atoms with E-state index in [-0.39, 0.29) is 21.7 Å². The van der Waals surface area contributed by atoms with Crippen LogP contribution < -0.4 is 10.6 Å². The Morgan fingerprint density at radius 3 is 0.957 bits per heavy atom. The fourth-order valence-electron chi connectivity index (χ4n) is 5.43. The summed E-state index contributed by atoms with van der Waals surface area (Å²) in [6, 6.07) is 14.5. The third-order valence-corrected chi connectivity index (χ3v) is 11.4. The molecule has 2 N–H and O–H groups in total. The molecule has 0 bridgehead atoms. The quantitative estimate of drug-likeness (QED) is 0.115. The van der Waals surface area contributed by atoms with Crippen LogP contribution in [0.15, 0.2) is 36.4 Å². The predicted octanol–water partition coefficient (Wildman–Crippen LogP) is 12.3. The molecule has 4 heteroatoms. The van der Waals surface area contributed by atoms with E-state index in [0.29, 0.717) is 0 Å². The Morgan fingerprint density at radius 2 is 0.674 bits per heavy atom. The molecule has 46 heavy (non-hydrogen) atoms. The molecule has 0 aliphatic carbocycles. The maximum absolute atomic E-state index is 3.71. The van der Waals surface area contributed by atoms with Crippen molar-refractivity contribution in [3.63, 3.8) is 0 Å². The van der Waals surface area contributed by atoms with E-state index in [0.717, 1.165) is 26.2 Å². The first kappa shape index (κ1) is 41.2. The summed E-state index contributed by atoms with van der Waals surface area (Å²) in [6.07, 6.45) is 10.6. The Labute approximate surface area is 294 Å². The van der Waals surface area contributed by atoms with Crippen LogP contribution in [-0.4, -0.2) is 24.6 Å². The monoisotopic (exact) mass is 669 g/mol. The molecule has 2 nitrogen and oxygen atoms in total. The van der Waals surface area contributed by atoms with Gasteiger partial charge < -0.3 is 10.6 Å². The summed E-state index contributed by atoms with van der Waals surface area (Å²) in [4.78, 5) is 0. The molecule has 0 aliphatic heterocycles. The van der Waals surface area contributed by atoms with Gasteiger partial charge in [0.1, 0.15) is 0 Å². The molecule has 0 aromatic heterocycles. The molecule has 0 heterocycles. The molecular weight excluding hydrogens is 597 g/mol. The first-order valence-electron chi connectivity index (χ1n) is 18.3. The normalized spacial score (nSPS) is 13.0. The molecule has 0 saturated carbocycles. The van der Waals surface area contributed by atoms with Crippen LogP contribution in [0.2, 0.25) is 0 Å². The van der Waals surface area contributed by atoms with Crippen molar-refractivity contribution >= 4 is 21.6 Å². The number of benzene rings is 2. The van der Waals surface area contributed by atoms with Crippen LogP contribution in [0.1, 0.15) is 168 Å². The van der Waals surface area contributed by atoms with Crippen molar-refractivity contribution < 1.29 is 0 Å². The van der Waals surface area contributed by atoms with E-state index in [1.165, 1.54) is 96.3 Å². The van der Waals surface area contributed by atoms with Crippen LogP contribution in [0, 0.1) is 0 Å². The number of nitrogens with one attached hydrogen (secondary N) is 2. The first-order valence-corrected chi connectivity index (χ1v) is 20.8. The Morgan fingerprint density at radius 1 is 0.391 bits per heavy atom. The molecule has 2 aromatic carbocycles. The second kappa shape index (κ2) is 19.3. The lowest BCUT2D eigenvalue weighted by molar-refractivity contribution is 0.562. The largest absolute Gasteiger partial charge is 0.313 e. The Hall–Kier alpha value is -0.940. The summed E-state index contributed by atoms with van der Waals surface area (Å²) < 4.78 is 0. The lowest BCUT2D eigenvalue weighted by atomic mass is 9.79. The van der Waals surface area contributed by atoms with Crippen molar-refractivity contribution in [3.05, 3.63) is 69.8 Å². The number of rotatable bonds is 19. The van der Waals surface area contributed by atoms with Crippen LogP contribution in [0.25, 0.3) is 0 Å². The van der Waals surface area contributed by atoms with Crippen LogP contribution in [0.5, 0.6) is 0 Å². The van der Waals surface area contributed by atoms with E-state index in [1.54, 1.807) is 0 Å². The molecular formula is C42H72N2S2. The van der Waals surface area contributed by atoms with E-state index in [4.69, 9.17) is 0 Å². The SMILES string of the molecule is CC(C)(C)c1cc(CNCCCCCCSSCCCCCCNCc2cc(C(C)(C)C)cc(C(C)(C)C)c2)cc(C(C)(C)C)c1. The van der Waals surface area contributed by atoms with Crippen molar-refractivity contribution in [3.8, 4) is 0 Å². The highest BCUT2D eigenvalue weighted by Crippen LogP contribution is 2.32. The fourth-order valence-corrected chi connectivity index (χ4v) is 7.73. The van der Waals surface area contributed by atoms with Crippen molar-refractivity contribution in [2.75, 3.05) is 24.6 Å². The minimum Gasteiger partial charge on any atom is -0.313 e. The third-order valence-electron chi connectivity index (χ3n) is 8.85. The third kappa shape index (κ3) is 16.4. The van der Waals surface area contributed by atoms with E-state index < -0.39 is 0 Å². The lowest BCUT2D eigenvalue weighted by Crippen LogP contribution is -2.19. The lowest BCUT2D eigenvalue weighted by Gasteiger charge is -2.26. The summed E-state index contributed by atoms with van der Waals surface area (Å²) in [5.41, 5.74) is 9.37. The van der Waals surface area contributed by atoms with Gasteiger partial charge in [-0.15, -0.1) is 0 Å². The number of unbranched alkanes of at least 4 members (excludes halogenated alkanes) is 6. The summed E-state index contributed by atoms with van der Waals surface area (Å²) in [5.74, 6) is 2.59. The zero-order chi connectivity index (χ0) is 34.4. The van der Waals surface area contributed by atoms with Gasteiger partial charge in [-0.2, -0.15) is 0 Å². The molecule has 2 aromatic rings. The van der Waals surface area contributed by atoms with Crippen molar-refractivity contribution in [1.82, 2.24) is 10.6 Å². The summed E-state index contributed by atoms with van der Waals surface area (Å²) in [5, 5.41) is 7.43. The molecule has 0 fully saturated rings. The number of hydrogen-bond donors (Lipinski definition) is 2. The minimum absolute atomic E-state index is 0.182. The van der Waals surface area contributed by atoms with Crippen molar-refractivity contribution in [2.24, 2.45) is 0 Å². The zero-order valence-electron chi connectivity index (χ0n) is 32.2. The zero-order valence-corrected chi connectivity index (χ0v) is 33.8. The number of hydrogen-bond acceptors (Lipinski definition) is 4. The summed E-state index contributed by atoms with van der Waals surface area (Å²) in [6.45, 7) is 32.0. The smallest absolute Gasteiger partial charge is 0.0205 e. The minimum atomic E-state index is 0.182. The maximum atomic E-state index is 3.71. The molecule has 0 amide bonds. The Balaban J connectivity index is 1.47. The van der Waals surface area contributed by atoms with Gasteiger partial charge in [0.25, 0.3) is 0 Å². The van der Waals surface area contributed by atoms with Crippen molar-refractivity contribution in [2.45, 2.75) is 169 Å². The van der Waals surface area contributed by atoms with E-state index in [2.05, 4.69) is 152 Å². The van der Waals surface area contributed by atoms with Crippen LogP contribution in [-0.2, 0) is 34.7 Å². The maximum Gasteiger partial charge on any atom is 0.0205 e. The standard InChI is InChI=1S/C42H72N2S2/c1-39(2,3)35-25-33(26-36(29-35)40(4,5)6)31-43-21-17-13-15-19-23-45-46-24-20-16-14-18-22-44-32-34-27-37(41(7,8)9)30-38(28-34)42(10,11)12/h25-30,43-44H,13-24,31-32H2,1-12H3. The molecule has 0 spiro atoms. The molecule has 0 unspecified atom stereocenters. The van der Waals surface area contributed by atoms with Gasteiger partial charge >= 0.3 is 0 Å². The van der Waals surface area contributed by atoms with E-state index >= 15 is 0 Å². The fraction of sp³-hybridized carbons (Fsp3) is 0.714. The highest BCUT2D eigenvalue weighted by molar-refractivity contribution is 8.76. The van der Waals surface area contributed by atoms with Crippen LogP contribution in [0.4, 0.5) is 0 Å². The van der Waals surface area contributed by atoms with Crippen LogP contribution >= 0.6 is 21.6 Å².